The van der Waals surface area contributed by atoms with Crippen LogP contribution in [0.2, 0.25) is 0 Å². The lowest BCUT2D eigenvalue weighted by Crippen LogP contribution is -2.64. The van der Waals surface area contributed by atoms with Crippen molar-refractivity contribution in [3.05, 3.63) is 11.6 Å². The van der Waals surface area contributed by atoms with Gasteiger partial charge in [-0.2, -0.15) is 0 Å². The number of Topliss-reactive ketones (excluding diaryl/α,β-unsaturated/α-hetero) is 1. The average Bonchev–Trinajstić information content (AvgIpc) is 3.58. The van der Waals surface area contributed by atoms with Gasteiger partial charge in [0.05, 0.1) is 0 Å². The van der Waals surface area contributed by atoms with E-state index in [2.05, 4.69) is 54.5 Å². The van der Waals surface area contributed by atoms with Crippen LogP contribution in [0.4, 0.5) is 0 Å². The molecule has 5 saturated carbocycles. The highest BCUT2D eigenvalue weighted by Gasteiger charge is 2.69. The molecule has 35 heavy (non-hydrogen) atoms. The van der Waals surface area contributed by atoms with Gasteiger partial charge in [0.15, 0.2) is 0 Å². The van der Waals surface area contributed by atoms with Gasteiger partial charge in [0.1, 0.15) is 5.78 Å². The lowest BCUT2D eigenvalue weighted by Gasteiger charge is -2.71. The predicted octanol–water partition coefficient (Wildman–Crippen LogP) is 9.40. The van der Waals surface area contributed by atoms with Crippen molar-refractivity contribution in [3.63, 3.8) is 0 Å². The zero-order chi connectivity index (χ0) is 25.2. The van der Waals surface area contributed by atoms with Crippen molar-refractivity contribution < 1.29 is 4.79 Å². The molecule has 196 valence electrons. The summed E-state index contributed by atoms with van der Waals surface area (Å²) < 4.78 is 0. The number of rotatable bonds is 2. The summed E-state index contributed by atoms with van der Waals surface area (Å²) in [5, 5.41) is 0. The molecular formula is C34H54O. The highest BCUT2D eigenvalue weighted by atomic mass is 16.1. The largest absolute Gasteiger partial charge is 0.299 e. The minimum absolute atomic E-state index is 0.0739. The Kier molecular flexibility index (Phi) is 5.15. The third-order valence-electron chi connectivity index (χ3n) is 14.6. The quantitative estimate of drug-likeness (QED) is 0.361. The van der Waals surface area contributed by atoms with E-state index in [9.17, 15) is 4.79 Å². The lowest BCUT2D eigenvalue weighted by atomic mass is 9.33. The molecule has 0 aliphatic heterocycles. The van der Waals surface area contributed by atoms with E-state index in [4.69, 9.17) is 0 Å². The predicted molar refractivity (Wildman–Crippen MR) is 146 cm³/mol. The van der Waals surface area contributed by atoms with Crippen LogP contribution in [-0.2, 0) is 4.79 Å². The van der Waals surface area contributed by atoms with Crippen molar-refractivity contribution in [2.45, 2.75) is 132 Å². The molecule has 1 nitrogen and oxygen atoms in total. The zero-order valence-corrected chi connectivity index (χ0v) is 24.4. The molecule has 1 heteroatoms. The maximum Gasteiger partial charge on any atom is 0.136 e. The van der Waals surface area contributed by atoms with Gasteiger partial charge in [0, 0.05) is 5.41 Å². The molecule has 5 fully saturated rings. The second kappa shape index (κ2) is 7.28. The molecule has 0 N–H and O–H groups in total. The molecule has 0 heterocycles. The Bertz CT molecular complexity index is 950. The van der Waals surface area contributed by atoms with Crippen LogP contribution in [0.1, 0.15) is 132 Å². The van der Waals surface area contributed by atoms with Gasteiger partial charge in [0.2, 0.25) is 0 Å². The molecule has 0 saturated heterocycles. The Morgan fingerprint density at radius 1 is 0.800 bits per heavy atom. The molecule has 6 aliphatic rings. The molecule has 0 spiro atoms. The van der Waals surface area contributed by atoms with Crippen molar-refractivity contribution in [2.24, 2.45) is 62.1 Å². The van der Waals surface area contributed by atoms with Crippen LogP contribution in [-0.4, -0.2) is 5.78 Å². The number of hydrogen-bond donors (Lipinski definition) is 0. The second-order valence-corrected chi connectivity index (χ2v) is 16.7. The summed E-state index contributed by atoms with van der Waals surface area (Å²) in [6, 6.07) is 0. The summed E-state index contributed by atoms with van der Waals surface area (Å²) in [5.41, 5.74) is 3.61. The van der Waals surface area contributed by atoms with Crippen molar-refractivity contribution in [3.8, 4) is 0 Å². The first kappa shape index (κ1) is 24.7. The van der Waals surface area contributed by atoms with E-state index >= 15 is 0 Å². The molecule has 0 aromatic rings. The SMILES string of the molecule is CC(=O)[C@]12CCC(C)(C)C[C@H]1C1=CC[C@@H]3[C@@]4(C)CC[C@H](C5CC5)C(C)(C)[C@@H]4CC[C@@]3(C)[C@]1(C)CC2. The normalized spacial score (nSPS) is 52.3. The molecule has 6 rings (SSSR count). The first-order valence-electron chi connectivity index (χ1n) is 15.4. The van der Waals surface area contributed by atoms with Crippen LogP contribution in [0.3, 0.4) is 0 Å². The van der Waals surface area contributed by atoms with E-state index in [0.29, 0.717) is 33.4 Å². The number of carbonyl (C=O) groups excluding carboxylic acids is 1. The summed E-state index contributed by atoms with van der Waals surface area (Å²) in [5.74, 6) is 4.64. The van der Waals surface area contributed by atoms with Gasteiger partial charge in [-0.1, -0.05) is 60.1 Å². The molecule has 0 aromatic heterocycles. The molecule has 0 bridgehead atoms. The van der Waals surface area contributed by atoms with E-state index < -0.39 is 0 Å². The third kappa shape index (κ3) is 3.08. The van der Waals surface area contributed by atoms with Crippen LogP contribution in [0.5, 0.6) is 0 Å². The Hall–Kier alpha value is -0.590. The molecule has 0 radical (unpaired) electrons. The molecule has 6 aliphatic carbocycles. The van der Waals surface area contributed by atoms with Gasteiger partial charge in [-0.25, -0.2) is 0 Å². The van der Waals surface area contributed by atoms with Gasteiger partial charge >= 0.3 is 0 Å². The van der Waals surface area contributed by atoms with Crippen LogP contribution >= 0.6 is 0 Å². The minimum Gasteiger partial charge on any atom is -0.299 e. The fraction of sp³-hybridized carbons (Fsp3) is 0.912. The minimum atomic E-state index is -0.0739. The first-order valence-corrected chi connectivity index (χ1v) is 15.4. The third-order valence-corrected chi connectivity index (χ3v) is 14.6. The van der Waals surface area contributed by atoms with Crippen LogP contribution < -0.4 is 0 Å². The fourth-order valence-electron chi connectivity index (χ4n) is 12.2. The highest BCUT2D eigenvalue weighted by Crippen LogP contribution is 2.76. The maximum absolute atomic E-state index is 13.3. The molecule has 0 aromatic carbocycles. The van der Waals surface area contributed by atoms with Crippen molar-refractivity contribution in [2.75, 3.05) is 0 Å². The second-order valence-electron chi connectivity index (χ2n) is 16.7. The standard InChI is InChI=1S/C34H54O/c1-22(35)34-19-17-29(2,3)21-26(34)25-11-12-28-31(6)15-13-24(23-9-10-23)30(4,5)27(31)14-16-33(28,8)32(25,7)18-20-34/h11,23-24,26-28H,9-10,12-21H2,1-8H3/t24-,26+,27+,28-,31+,32-,33-,34-/m1/s1. The summed E-state index contributed by atoms with van der Waals surface area (Å²) >= 11 is 0. The maximum atomic E-state index is 13.3. The van der Waals surface area contributed by atoms with Gasteiger partial charge in [-0.3, -0.25) is 4.79 Å². The van der Waals surface area contributed by atoms with Gasteiger partial charge in [-0.05, 0) is 141 Å². The number of carbonyl (C=O) groups is 1. The van der Waals surface area contributed by atoms with Crippen molar-refractivity contribution in [1.82, 2.24) is 0 Å². The topological polar surface area (TPSA) is 17.1 Å². The van der Waals surface area contributed by atoms with E-state index in [0.717, 1.165) is 36.5 Å². The average molecular weight is 479 g/mol. The smallest absolute Gasteiger partial charge is 0.136 e. The Balaban J connectivity index is 1.41. The number of allylic oxidation sites excluding steroid dienone is 2. The van der Waals surface area contributed by atoms with Crippen molar-refractivity contribution in [1.29, 1.82) is 0 Å². The Morgan fingerprint density at radius 2 is 1.49 bits per heavy atom. The Labute approximate surface area is 216 Å². The highest BCUT2D eigenvalue weighted by molar-refractivity contribution is 5.83. The number of fused-ring (bicyclic) bond motifs is 7. The van der Waals surface area contributed by atoms with Crippen LogP contribution in [0.25, 0.3) is 0 Å². The molecule has 0 amide bonds. The lowest BCUT2D eigenvalue weighted by molar-refractivity contribution is -0.195. The van der Waals surface area contributed by atoms with E-state index in [1.807, 2.05) is 6.92 Å². The van der Waals surface area contributed by atoms with E-state index in [1.165, 1.54) is 64.2 Å². The molecule has 0 unspecified atom stereocenters. The summed E-state index contributed by atoms with van der Waals surface area (Å²) in [6.45, 7) is 20.3. The van der Waals surface area contributed by atoms with Gasteiger partial charge in [-0.15, -0.1) is 0 Å². The number of hydrogen-bond acceptors (Lipinski definition) is 1. The summed E-state index contributed by atoms with van der Waals surface area (Å²) in [7, 11) is 0. The number of ketones is 1. The van der Waals surface area contributed by atoms with Crippen LogP contribution in [0, 0.1) is 62.1 Å². The zero-order valence-electron chi connectivity index (χ0n) is 24.4. The van der Waals surface area contributed by atoms with Crippen molar-refractivity contribution >= 4 is 5.78 Å². The van der Waals surface area contributed by atoms with Gasteiger partial charge < -0.3 is 0 Å². The first-order chi connectivity index (χ1) is 16.2. The van der Waals surface area contributed by atoms with Crippen LogP contribution in [0.15, 0.2) is 11.6 Å². The molecule has 8 atom stereocenters. The van der Waals surface area contributed by atoms with Gasteiger partial charge in [0.25, 0.3) is 0 Å². The summed E-state index contributed by atoms with van der Waals surface area (Å²) in [4.78, 5) is 13.3. The fourth-order valence-corrected chi connectivity index (χ4v) is 12.2. The van der Waals surface area contributed by atoms with E-state index in [1.54, 1.807) is 5.57 Å². The van der Waals surface area contributed by atoms with E-state index in [-0.39, 0.29) is 10.8 Å². The monoisotopic (exact) mass is 478 g/mol. The summed E-state index contributed by atoms with van der Waals surface area (Å²) in [6.07, 6.45) is 18.7. The Morgan fingerprint density at radius 3 is 2.14 bits per heavy atom. The molecular weight excluding hydrogens is 424 g/mol.